The quantitative estimate of drug-likeness (QED) is 0.792. The van der Waals surface area contributed by atoms with Gasteiger partial charge in [-0.2, -0.15) is 0 Å². The van der Waals surface area contributed by atoms with Crippen LogP contribution in [0.1, 0.15) is 30.4 Å². The molecule has 0 saturated heterocycles. The molecule has 0 amide bonds. The van der Waals surface area contributed by atoms with Gasteiger partial charge in [-0.15, -0.1) is 0 Å². The van der Waals surface area contributed by atoms with Gasteiger partial charge < -0.3 is 5.11 Å². The van der Waals surface area contributed by atoms with Gasteiger partial charge in [0.2, 0.25) is 0 Å². The van der Waals surface area contributed by atoms with Crippen molar-refractivity contribution in [3.63, 3.8) is 0 Å². The van der Waals surface area contributed by atoms with Crippen LogP contribution in [0.5, 0.6) is 0 Å². The zero-order valence-electron chi connectivity index (χ0n) is 12.1. The zero-order valence-corrected chi connectivity index (χ0v) is 12.1. The number of hydrogen-bond donors (Lipinski definition) is 1. The third-order valence-electron chi connectivity index (χ3n) is 3.60. The van der Waals surface area contributed by atoms with Crippen LogP contribution in [0, 0.1) is 5.92 Å². The Bertz CT molecular complexity index is 548. The number of benzene rings is 2. The number of allylic oxidation sites excluding steroid dienone is 2. The average molecular weight is 280 g/mol. The minimum absolute atomic E-state index is 0.0553. The topological polar surface area (TPSA) is 37.3 Å². The van der Waals surface area contributed by atoms with Crippen molar-refractivity contribution >= 4 is 5.97 Å². The van der Waals surface area contributed by atoms with Crippen LogP contribution < -0.4 is 0 Å². The molecule has 0 spiro atoms. The Hall–Kier alpha value is -2.35. The van der Waals surface area contributed by atoms with E-state index in [2.05, 4.69) is 24.3 Å². The summed E-state index contributed by atoms with van der Waals surface area (Å²) in [7, 11) is 0. The number of carbonyl (C=O) groups is 1. The van der Waals surface area contributed by atoms with Crippen LogP contribution in [0.2, 0.25) is 0 Å². The molecule has 0 heterocycles. The van der Waals surface area contributed by atoms with Gasteiger partial charge in [0, 0.05) is 5.92 Å². The van der Waals surface area contributed by atoms with Crippen molar-refractivity contribution in [1.82, 2.24) is 0 Å². The van der Waals surface area contributed by atoms with E-state index in [1.54, 1.807) is 0 Å². The van der Waals surface area contributed by atoms with Crippen LogP contribution in [0.4, 0.5) is 0 Å². The molecule has 0 aliphatic carbocycles. The molecule has 2 aromatic rings. The molecule has 0 fully saturated rings. The fourth-order valence-electron chi connectivity index (χ4n) is 2.75. The monoisotopic (exact) mass is 280 g/mol. The first-order valence-electron chi connectivity index (χ1n) is 7.17. The van der Waals surface area contributed by atoms with E-state index in [1.165, 1.54) is 0 Å². The molecule has 0 bridgehead atoms. The van der Waals surface area contributed by atoms with Crippen LogP contribution in [-0.4, -0.2) is 11.1 Å². The Kier molecular flexibility index (Phi) is 5.33. The maximum absolute atomic E-state index is 11.2. The molecule has 2 heteroatoms. The normalized spacial score (nSPS) is 12.7. The van der Waals surface area contributed by atoms with E-state index in [0.29, 0.717) is 0 Å². The molecule has 2 nitrogen and oxygen atoms in total. The van der Waals surface area contributed by atoms with Crippen molar-refractivity contribution in [3.8, 4) is 0 Å². The van der Waals surface area contributed by atoms with Crippen molar-refractivity contribution in [2.75, 3.05) is 0 Å². The maximum Gasteiger partial charge on any atom is 0.303 e. The van der Waals surface area contributed by atoms with E-state index in [-0.39, 0.29) is 18.3 Å². The summed E-state index contributed by atoms with van der Waals surface area (Å²) in [6, 6.07) is 20.2. The van der Waals surface area contributed by atoms with E-state index in [9.17, 15) is 9.90 Å². The molecule has 1 atom stereocenters. The fourth-order valence-corrected chi connectivity index (χ4v) is 2.75. The highest BCUT2D eigenvalue weighted by Crippen LogP contribution is 2.34. The minimum atomic E-state index is -0.769. The van der Waals surface area contributed by atoms with Gasteiger partial charge in [-0.25, -0.2) is 0 Å². The molecule has 2 aromatic carbocycles. The molecule has 0 aliphatic heterocycles. The fraction of sp³-hybridized carbons (Fsp3) is 0.211. The average Bonchev–Trinajstić information content (AvgIpc) is 2.49. The number of carboxylic acid groups (broad SMARTS) is 1. The lowest BCUT2D eigenvalue weighted by molar-refractivity contribution is -0.137. The van der Waals surface area contributed by atoms with Crippen molar-refractivity contribution in [3.05, 3.63) is 83.9 Å². The predicted octanol–water partition coefficient (Wildman–Crippen LogP) is 4.49. The summed E-state index contributed by atoms with van der Waals surface area (Å²) in [5.74, 6) is -0.771. The summed E-state index contributed by atoms with van der Waals surface area (Å²) in [6.07, 6.45) is 4.06. The standard InChI is InChI=1S/C19H20O2/c1-2-9-17(14-18(20)21)19(15-10-5-3-6-11-15)16-12-7-4-8-13-16/h2-13,17,19H,14H2,1H3,(H,20,21)/b9-2-. The number of aliphatic carboxylic acids is 1. The maximum atomic E-state index is 11.2. The second kappa shape index (κ2) is 7.44. The summed E-state index contributed by atoms with van der Waals surface area (Å²) in [5, 5.41) is 9.22. The SMILES string of the molecule is C/C=C\C(CC(=O)O)C(c1ccccc1)c1ccccc1. The molecule has 0 saturated carbocycles. The molecular weight excluding hydrogens is 260 g/mol. The number of rotatable bonds is 6. The van der Waals surface area contributed by atoms with Gasteiger partial charge in [-0.1, -0.05) is 72.8 Å². The van der Waals surface area contributed by atoms with Gasteiger partial charge in [0.15, 0.2) is 0 Å². The second-order valence-corrected chi connectivity index (χ2v) is 5.09. The molecule has 0 aliphatic rings. The zero-order chi connectivity index (χ0) is 15.1. The van der Waals surface area contributed by atoms with Crippen LogP contribution >= 0.6 is 0 Å². The minimum Gasteiger partial charge on any atom is -0.481 e. The van der Waals surface area contributed by atoms with Crippen molar-refractivity contribution < 1.29 is 9.90 Å². The second-order valence-electron chi connectivity index (χ2n) is 5.09. The van der Waals surface area contributed by atoms with Crippen LogP contribution in [0.25, 0.3) is 0 Å². The Morgan fingerprint density at radius 2 is 1.48 bits per heavy atom. The van der Waals surface area contributed by atoms with Gasteiger partial charge in [-0.3, -0.25) is 4.79 Å². The Morgan fingerprint density at radius 3 is 1.86 bits per heavy atom. The smallest absolute Gasteiger partial charge is 0.303 e. The van der Waals surface area contributed by atoms with Crippen molar-refractivity contribution in [2.24, 2.45) is 5.92 Å². The van der Waals surface area contributed by atoms with Crippen molar-refractivity contribution in [1.29, 1.82) is 0 Å². The van der Waals surface area contributed by atoms with Crippen LogP contribution in [0.3, 0.4) is 0 Å². The van der Waals surface area contributed by atoms with E-state index >= 15 is 0 Å². The first-order chi connectivity index (χ1) is 10.2. The highest BCUT2D eigenvalue weighted by Gasteiger charge is 2.24. The van der Waals surface area contributed by atoms with Gasteiger partial charge in [0.1, 0.15) is 0 Å². The number of hydrogen-bond acceptors (Lipinski definition) is 1. The lowest BCUT2D eigenvalue weighted by atomic mass is 9.79. The van der Waals surface area contributed by atoms with Crippen LogP contribution in [0.15, 0.2) is 72.8 Å². The highest BCUT2D eigenvalue weighted by atomic mass is 16.4. The Balaban J connectivity index is 2.46. The molecule has 0 radical (unpaired) electrons. The van der Waals surface area contributed by atoms with E-state index in [0.717, 1.165) is 11.1 Å². The molecule has 1 unspecified atom stereocenters. The Labute approximate surface area is 125 Å². The van der Waals surface area contributed by atoms with Gasteiger partial charge in [0.05, 0.1) is 6.42 Å². The lowest BCUT2D eigenvalue weighted by Crippen LogP contribution is -2.16. The molecule has 0 aromatic heterocycles. The lowest BCUT2D eigenvalue weighted by Gasteiger charge is -2.25. The van der Waals surface area contributed by atoms with Crippen LogP contribution in [-0.2, 0) is 4.79 Å². The van der Waals surface area contributed by atoms with E-state index < -0.39 is 5.97 Å². The summed E-state index contributed by atoms with van der Waals surface area (Å²) >= 11 is 0. The third-order valence-corrected chi connectivity index (χ3v) is 3.60. The van der Waals surface area contributed by atoms with E-state index in [1.807, 2.05) is 55.5 Å². The third kappa shape index (κ3) is 4.06. The molecule has 1 N–H and O–H groups in total. The van der Waals surface area contributed by atoms with Crippen molar-refractivity contribution in [2.45, 2.75) is 19.3 Å². The summed E-state index contributed by atoms with van der Waals surface area (Å²) in [5.41, 5.74) is 2.29. The first-order valence-corrected chi connectivity index (χ1v) is 7.17. The molecule has 108 valence electrons. The summed E-state index contributed by atoms with van der Waals surface area (Å²) in [4.78, 5) is 11.2. The number of carboxylic acids is 1. The molecular formula is C19H20O2. The molecule has 21 heavy (non-hydrogen) atoms. The summed E-state index contributed by atoms with van der Waals surface area (Å²) in [6.45, 7) is 1.93. The predicted molar refractivity (Wildman–Crippen MR) is 85.3 cm³/mol. The van der Waals surface area contributed by atoms with Gasteiger partial charge >= 0.3 is 5.97 Å². The molecule has 2 rings (SSSR count). The Morgan fingerprint density at radius 1 is 1.00 bits per heavy atom. The first kappa shape index (κ1) is 15.0. The summed E-state index contributed by atoms with van der Waals surface area (Å²) < 4.78 is 0. The van der Waals surface area contributed by atoms with Gasteiger partial charge in [-0.05, 0) is 24.0 Å². The van der Waals surface area contributed by atoms with Gasteiger partial charge in [0.25, 0.3) is 0 Å². The van der Waals surface area contributed by atoms with E-state index in [4.69, 9.17) is 0 Å². The highest BCUT2D eigenvalue weighted by molar-refractivity contribution is 5.67. The largest absolute Gasteiger partial charge is 0.481 e.